The minimum absolute atomic E-state index is 0.110. The normalized spacial score (nSPS) is 10.3. The summed E-state index contributed by atoms with van der Waals surface area (Å²) in [6.45, 7) is 0. The molecule has 0 spiro atoms. The lowest BCUT2D eigenvalue weighted by Gasteiger charge is -2.05. The lowest BCUT2D eigenvalue weighted by molar-refractivity contribution is -0.387. The Balaban J connectivity index is 2.42. The Kier molecular flexibility index (Phi) is 4.42. The van der Waals surface area contributed by atoms with E-state index in [-0.39, 0.29) is 10.6 Å². The Bertz CT molecular complexity index is 604. The van der Waals surface area contributed by atoms with Crippen LogP contribution in [0.5, 0.6) is 0 Å². The molecule has 2 aromatic carbocycles. The first-order valence-corrected chi connectivity index (χ1v) is 7.34. The van der Waals surface area contributed by atoms with E-state index in [1.807, 2.05) is 24.3 Å². The fourth-order valence-electron chi connectivity index (χ4n) is 1.37. The second-order valence-electron chi connectivity index (χ2n) is 3.40. The van der Waals surface area contributed by atoms with Crippen molar-refractivity contribution in [2.75, 3.05) is 0 Å². The van der Waals surface area contributed by atoms with Crippen molar-refractivity contribution >= 4 is 49.3 Å². The van der Waals surface area contributed by atoms with Gasteiger partial charge >= 0.3 is 0 Å². The van der Waals surface area contributed by atoms with Crippen molar-refractivity contribution in [1.29, 1.82) is 0 Å². The van der Waals surface area contributed by atoms with Gasteiger partial charge in [0.05, 0.1) is 9.82 Å². The van der Waals surface area contributed by atoms with Crippen molar-refractivity contribution < 1.29 is 4.92 Å². The minimum Gasteiger partial charge on any atom is -0.258 e. The summed E-state index contributed by atoms with van der Waals surface area (Å²) in [6.07, 6.45) is 0. The lowest BCUT2D eigenvalue weighted by atomic mass is 10.3. The van der Waals surface area contributed by atoms with Crippen LogP contribution in [0.2, 0.25) is 0 Å². The van der Waals surface area contributed by atoms with Crippen molar-refractivity contribution in [3.05, 3.63) is 61.5 Å². The molecule has 3 nitrogen and oxygen atoms in total. The highest BCUT2D eigenvalue weighted by atomic mass is 79.9. The van der Waals surface area contributed by atoms with E-state index in [1.165, 1.54) is 17.8 Å². The molecule has 0 saturated carbocycles. The number of rotatable bonds is 3. The third-order valence-electron chi connectivity index (χ3n) is 2.18. The van der Waals surface area contributed by atoms with E-state index in [0.29, 0.717) is 4.90 Å². The molecule has 6 heteroatoms. The molecule has 0 aliphatic carbocycles. The lowest BCUT2D eigenvalue weighted by Crippen LogP contribution is -1.90. The van der Waals surface area contributed by atoms with Crippen molar-refractivity contribution in [2.24, 2.45) is 0 Å². The standard InChI is InChI=1S/C12H7Br2NO2S/c13-8-5-6-10(15(16)17)12(7-8)18-11-4-2-1-3-9(11)14/h1-7H. The Hall–Kier alpha value is -0.850. The van der Waals surface area contributed by atoms with Crippen LogP contribution in [0.25, 0.3) is 0 Å². The van der Waals surface area contributed by atoms with E-state index in [2.05, 4.69) is 31.9 Å². The molecule has 2 aromatic rings. The van der Waals surface area contributed by atoms with Gasteiger partial charge in [-0.05, 0) is 40.2 Å². The van der Waals surface area contributed by atoms with Crippen LogP contribution in [0.4, 0.5) is 5.69 Å². The quantitative estimate of drug-likeness (QED) is 0.531. The van der Waals surface area contributed by atoms with Gasteiger partial charge in [-0.3, -0.25) is 10.1 Å². The summed E-state index contributed by atoms with van der Waals surface area (Å²) in [5, 5.41) is 11.0. The molecule has 0 aliphatic rings. The largest absolute Gasteiger partial charge is 0.283 e. The molecule has 0 fully saturated rings. The zero-order valence-corrected chi connectivity index (χ0v) is 13.0. The fourth-order valence-corrected chi connectivity index (χ4v) is 3.39. The third-order valence-corrected chi connectivity index (χ3v) is 4.75. The van der Waals surface area contributed by atoms with Gasteiger partial charge in [0.2, 0.25) is 0 Å². The van der Waals surface area contributed by atoms with Gasteiger partial charge in [-0.25, -0.2) is 0 Å². The first-order valence-electron chi connectivity index (χ1n) is 4.94. The molecule has 0 aliphatic heterocycles. The molecular formula is C12H7Br2NO2S. The number of hydrogen-bond acceptors (Lipinski definition) is 3. The van der Waals surface area contributed by atoms with Gasteiger partial charge in [0, 0.05) is 19.9 Å². The molecule has 0 amide bonds. The van der Waals surface area contributed by atoms with E-state index < -0.39 is 0 Å². The summed E-state index contributed by atoms with van der Waals surface area (Å²) in [7, 11) is 0. The molecule has 0 atom stereocenters. The van der Waals surface area contributed by atoms with Crippen LogP contribution < -0.4 is 0 Å². The molecule has 92 valence electrons. The van der Waals surface area contributed by atoms with Crippen LogP contribution >= 0.6 is 43.6 Å². The number of nitrogens with zero attached hydrogens (tertiary/aromatic N) is 1. The van der Waals surface area contributed by atoms with E-state index >= 15 is 0 Å². The molecule has 0 unspecified atom stereocenters. The van der Waals surface area contributed by atoms with Gasteiger partial charge < -0.3 is 0 Å². The molecule has 0 N–H and O–H groups in total. The van der Waals surface area contributed by atoms with Crippen LogP contribution in [-0.2, 0) is 0 Å². The van der Waals surface area contributed by atoms with Crippen LogP contribution in [0.15, 0.2) is 61.2 Å². The third kappa shape index (κ3) is 3.13. The van der Waals surface area contributed by atoms with E-state index in [1.54, 1.807) is 12.1 Å². The van der Waals surface area contributed by atoms with E-state index in [9.17, 15) is 10.1 Å². The first-order chi connectivity index (χ1) is 8.58. The molecular weight excluding hydrogens is 382 g/mol. The molecule has 0 heterocycles. The van der Waals surface area contributed by atoms with Crippen LogP contribution in [0.1, 0.15) is 0 Å². The first kappa shape index (κ1) is 13.6. The van der Waals surface area contributed by atoms with E-state index in [4.69, 9.17) is 0 Å². The SMILES string of the molecule is O=[N+]([O-])c1ccc(Br)cc1Sc1ccccc1Br. The highest BCUT2D eigenvalue weighted by Crippen LogP contribution is 2.39. The number of nitro benzene ring substituents is 1. The van der Waals surface area contributed by atoms with Crippen molar-refractivity contribution in [3.8, 4) is 0 Å². The van der Waals surface area contributed by atoms with Crippen LogP contribution in [0.3, 0.4) is 0 Å². The van der Waals surface area contributed by atoms with Gasteiger partial charge in [-0.1, -0.05) is 39.8 Å². The summed E-state index contributed by atoms with van der Waals surface area (Å²) in [4.78, 5) is 12.2. The minimum atomic E-state index is -0.369. The topological polar surface area (TPSA) is 43.1 Å². The second kappa shape index (κ2) is 5.86. The summed E-state index contributed by atoms with van der Waals surface area (Å²) >= 11 is 8.13. The Morgan fingerprint density at radius 3 is 2.44 bits per heavy atom. The van der Waals surface area contributed by atoms with Crippen molar-refractivity contribution in [3.63, 3.8) is 0 Å². The van der Waals surface area contributed by atoms with Crippen LogP contribution in [0, 0.1) is 10.1 Å². The Morgan fingerprint density at radius 1 is 1.06 bits per heavy atom. The van der Waals surface area contributed by atoms with Crippen LogP contribution in [-0.4, -0.2) is 4.92 Å². The van der Waals surface area contributed by atoms with Crippen molar-refractivity contribution in [2.45, 2.75) is 9.79 Å². The summed E-state index contributed by atoms with van der Waals surface area (Å²) < 4.78 is 1.74. The molecule has 0 aromatic heterocycles. The maximum Gasteiger partial charge on any atom is 0.283 e. The van der Waals surface area contributed by atoms with E-state index in [0.717, 1.165) is 13.8 Å². The molecule has 0 saturated heterocycles. The molecule has 0 radical (unpaired) electrons. The summed E-state index contributed by atoms with van der Waals surface area (Å²) in [6, 6.07) is 12.6. The Morgan fingerprint density at radius 2 is 1.78 bits per heavy atom. The maximum atomic E-state index is 11.0. The maximum absolute atomic E-state index is 11.0. The Labute approximate surface area is 125 Å². The molecule has 2 rings (SSSR count). The highest BCUT2D eigenvalue weighted by molar-refractivity contribution is 9.10. The molecule has 0 bridgehead atoms. The zero-order chi connectivity index (χ0) is 13.1. The molecule has 18 heavy (non-hydrogen) atoms. The highest BCUT2D eigenvalue weighted by Gasteiger charge is 2.15. The van der Waals surface area contributed by atoms with Crippen molar-refractivity contribution in [1.82, 2.24) is 0 Å². The average Bonchev–Trinajstić information content (AvgIpc) is 2.32. The van der Waals surface area contributed by atoms with Gasteiger partial charge in [-0.2, -0.15) is 0 Å². The predicted octanol–water partition coefficient (Wildman–Crippen LogP) is 5.27. The van der Waals surface area contributed by atoms with Gasteiger partial charge in [0.25, 0.3) is 5.69 Å². The number of hydrogen-bond donors (Lipinski definition) is 0. The van der Waals surface area contributed by atoms with Gasteiger partial charge in [-0.15, -0.1) is 0 Å². The summed E-state index contributed by atoms with van der Waals surface area (Å²) in [5.41, 5.74) is 0.110. The zero-order valence-electron chi connectivity index (χ0n) is 8.97. The fraction of sp³-hybridized carbons (Fsp3) is 0. The number of nitro groups is 1. The monoisotopic (exact) mass is 387 g/mol. The number of benzene rings is 2. The second-order valence-corrected chi connectivity index (χ2v) is 6.26. The smallest absolute Gasteiger partial charge is 0.258 e. The number of halogens is 2. The summed E-state index contributed by atoms with van der Waals surface area (Å²) in [5.74, 6) is 0. The average molecular weight is 389 g/mol. The van der Waals surface area contributed by atoms with Gasteiger partial charge in [0.1, 0.15) is 0 Å². The van der Waals surface area contributed by atoms with Gasteiger partial charge in [0.15, 0.2) is 0 Å². The predicted molar refractivity (Wildman–Crippen MR) is 79.1 cm³/mol.